The van der Waals surface area contributed by atoms with E-state index in [0.717, 1.165) is 23.3 Å². The maximum absolute atomic E-state index is 11.6. The third-order valence-electron chi connectivity index (χ3n) is 4.12. The smallest absolute Gasteiger partial charge is 0.194 e. The zero-order chi connectivity index (χ0) is 16.4. The molecule has 0 radical (unpaired) electrons. The van der Waals surface area contributed by atoms with Gasteiger partial charge in [0, 0.05) is 24.5 Å². The van der Waals surface area contributed by atoms with Crippen LogP contribution in [0.5, 0.6) is 0 Å². The Kier molecular flexibility index (Phi) is 7.21. The molecule has 9 heteroatoms. The Bertz CT molecular complexity index is 689. The molecule has 2 aliphatic rings. The molecule has 1 N–H and O–H groups in total. The van der Waals surface area contributed by atoms with Gasteiger partial charge >= 0.3 is 0 Å². The van der Waals surface area contributed by atoms with Crippen LogP contribution in [0.3, 0.4) is 0 Å². The fourth-order valence-electron chi connectivity index (χ4n) is 2.66. The van der Waals surface area contributed by atoms with Gasteiger partial charge in [0.25, 0.3) is 0 Å². The summed E-state index contributed by atoms with van der Waals surface area (Å²) in [6.07, 6.45) is 3.08. The summed E-state index contributed by atoms with van der Waals surface area (Å²) in [5, 5.41) is 3.46. The van der Waals surface area contributed by atoms with Crippen molar-refractivity contribution < 1.29 is 8.42 Å². The predicted molar refractivity (Wildman–Crippen MR) is 111 cm³/mol. The number of halogens is 2. The first-order chi connectivity index (χ1) is 10.9. The van der Waals surface area contributed by atoms with Gasteiger partial charge in [-0.2, -0.15) is 0 Å². The van der Waals surface area contributed by atoms with Gasteiger partial charge in [-0.3, -0.25) is 4.99 Å². The summed E-state index contributed by atoms with van der Waals surface area (Å²) < 4.78 is 23.9. The summed E-state index contributed by atoms with van der Waals surface area (Å²) in [4.78, 5) is 7.97. The molecule has 5 nitrogen and oxygen atoms in total. The summed E-state index contributed by atoms with van der Waals surface area (Å²) in [5.41, 5.74) is 0. The number of guanidine groups is 1. The summed E-state index contributed by atoms with van der Waals surface area (Å²) in [6, 6.07) is 4.45. The van der Waals surface area contributed by atoms with Crippen molar-refractivity contribution in [3.05, 3.63) is 21.3 Å². The minimum atomic E-state index is -2.84. The first kappa shape index (κ1) is 20.3. The number of nitrogens with zero attached hydrogens (tertiary/aromatic N) is 2. The molecule has 1 unspecified atom stereocenters. The van der Waals surface area contributed by atoms with E-state index < -0.39 is 9.84 Å². The molecule has 1 saturated heterocycles. The number of thiophene rings is 1. The van der Waals surface area contributed by atoms with E-state index in [1.807, 2.05) is 19.2 Å². The lowest BCUT2D eigenvalue weighted by Gasteiger charge is -2.22. The number of aliphatic imine (C=N–C) groups is 1. The van der Waals surface area contributed by atoms with Crippen LogP contribution in [0.4, 0.5) is 0 Å². The molecule has 1 aliphatic heterocycles. The SMILES string of the molecule is CN(Cc1ccc(Cl)s1)C(=NCC1CCS(=O)(=O)C1)NC1CC1.I. The maximum Gasteiger partial charge on any atom is 0.194 e. The van der Waals surface area contributed by atoms with Crippen molar-refractivity contribution in [2.75, 3.05) is 25.1 Å². The van der Waals surface area contributed by atoms with Gasteiger partial charge in [-0.25, -0.2) is 8.42 Å². The highest BCUT2D eigenvalue weighted by atomic mass is 127. The number of rotatable bonds is 5. The lowest BCUT2D eigenvalue weighted by Crippen LogP contribution is -2.40. The Morgan fingerprint density at radius 2 is 2.17 bits per heavy atom. The van der Waals surface area contributed by atoms with Crippen molar-refractivity contribution in [1.29, 1.82) is 0 Å². The third kappa shape index (κ3) is 6.03. The topological polar surface area (TPSA) is 61.8 Å². The molecule has 1 aliphatic carbocycles. The second-order valence-corrected chi connectivity index (χ2v) is 10.4. The summed E-state index contributed by atoms with van der Waals surface area (Å²) in [6.45, 7) is 1.32. The average molecular weight is 504 g/mol. The Balaban J connectivity index is 0.00000208. The van der Waals surface area contributed by atoms with E-state index in [1.165, 1.54) is 17.7 Å². The molecule has 1 atom stereocenters. The van der Waals surface area contributed by atoms with Crippen molar-refractivity contribution >= 4 is 62.7 Å². The van der Waals surface area contributed by atoms with Gasteiger partial charge in [-0.1, -0.05) is 11.6 Å². The van der Waals surface area contributed by atoms with Crippen molar-refractivity contribution in [2.24, 2.45) is 10.9 Å². The fraction of sp³-hybridized carbons (Fsp3) is 0.667. The fourth-order valence-corrected chi connectivity index (χ4v) is 5.65. The molecule has 0 aromatic carbocycles. The van der Waals surface area contributed by atoms with E-state index in [-0.39, 0.29) is 35.6 Å². The van der Waals surface area contributed by atoms with Gasteiger partial charge in [-0.15, -0.1) is 35.3 Å². The average Bonchev–Trinajstić information content (AvgIpc) is 3.11. The molecule has 1 aromatic rings. The van der Waals surface area contributed by atoms with E-state index in [4.69, 9.17) is 16.6 Å². The molecule has 24 heavy (non-hydrogen) atoms. The van der Waals surface area contributed by atoms with Crippen LogP contribution in [0.25, 0.3) is 0 Å². The van der Waals surface area contributed by atoms with Crippen LogP contribution in [-0.4, -0.2) is 50.4 Å². The predicted octanol–water partition coefficient (Wildman–Crippen LogP) is 2.99. The van der Waals surface area contributed by atoms with E-state index in [2.05, 4.69) is 10.2 Å². The van der Waals surface area contributed by atoms with Crippen molar-refractivity contribution in [3.8, 4) is 0 Å². The molecular weight excluding hydrogens is 481 g/mol. The normalized spacial score (nSPS) is 22.9. The van der Waals surface area contributed by atoms with Crippen LogP contribution in [0.15, 0.2) is 17.1 Å². The highest BCUT2D eigenvalue weighted by Crippen LogP contribution is 2.24. The van der Waals surface area contributed by atoms with E-state index in [1.54, 1.807) is 11.3 Å². The Morgan fingerprint density at radius 1 is 1.42 bits per heavy atom. The number of hydrogen-bond acceptors (Lipinski definition) is 4. The number of sulfone groups is 1. The molecule has 3 rings (SSSR count). The zero-order valence-electron chi connectivity index (χ0n) is 13.6. The molecule has 1 aromatic heterocycles. The van der Waals surface area contributed by atoms with Crippen molar-refractivity contribution in [1.82, 2.24) is 10.2 Å². The van der Waals surface area contributed by atoms with Gasteiger partial charge in [-0.05, 0) is 37.3 Å². The van der Waals surface area contributed by atoms with Crippen LogP contribution >= 0.6 is 46.9 Å². The quantitative estimate of drug-likeness (QED) is 0.381. The minimum absolute atomic E-state index is 0. The first-order valence-electron chi connectivity index (χ1n) is 7.88. The van der Waals surface area contributed by atoms with Crippen LogP contribution in [0.2, 0.25) is 4.34 Å². The second kappa shape index (κ2) is 8.55. The molecule has 2 fully saturated rings. The molecule has 0 spiro atoms. The highest BCUT2D eigenvalue weighted by molar-refractivity contribution is 14.0. The van der Waals surface area contributed by atoms with E-state index >= 15 is 0 Å². The van der Waals surface area contributed by atoms with Crippen molar-refractivity contribution in [3.63, 3.8) is 0 Å². The van der Waals surface area contributed by atoms with Crippen LogP contribution in [0.1, 0.15) is 24.1 Å². The van der Waals surface area contributed by atoms with Crippen molar-refractivity contribution in [2.45, 2.75) is 31.8 Å². The van der Waals surface area contributed by atoms with E-state index in [0.29, 0.717) is 18.3 Å². The van der Waals surface area contributed by atoms with Gasteiger partial charge in [0.1, 0.15) is 0 Å². The Morgan fingerprint density at radius 3 is 2.71 bits per heavy atom. The van der Waals surface area contributed by atoms with Crippen LogP contribution in [-0.2, 0) is 16.4 Å². The Labute approximate surface area is 169 Å². The lowest BCUT2D eigenvalue weighted by atomic mass is 10.1. The lowest BCUT2D eigenvalue weighted by molar-refractivity contribution is 0.474. The zero-order valence-corrected chi connectivity index (χ0v) is 18.3. The summed E-state index contributed by atoms with van der Waals surface area (Å²) in [7, 11) is -0.829. The molecule has 0 bridgehead atoms. The van der Waals surface area contributed by atoms with Crippen LogP contribution in [0, 0.1) is 5.92 Å². The number of nitrogens with one attached hydrogen (secondary N) is 1. The monoisotopic (exact) mass is 503 g/mol. The third-order valence-corrected chi connectivity index (χ3v) is 7.17. The molecule has 0 amide bonds. The minimum Gasteiger partial charge on any atom is -0.354 e. The highest BCUT2D eigenvalue weighted by Gasteiger charge is 2.28. The standard InChI is InChI=1S/C15H22ClN3O2S2.HI/c1-19(9-13-4-5-14(16)22-13)15(18-12-2-3-12)17-8-11-6-7-23(20,21)10-11;/h4-5,11-12H,2-3,6-10H2,1H3,(H,17,18);1H. The van der Waals surface area contributed by atoms with Gasteiger partial charge < -0.3 is 10.2 Å². The van der Waals surface area contributed by atoms with Gasteiger partial charge in [0.15, 0.2) is 15.8 Å². The van der Waals surface area contributed by atoms with Crippen LogP contribution < -0.4 is 5.32 Å². The van der Waals surface area contributed by atoms with E-state index in [9.17, 15) is 8.42 Å². The first-order valence-corrected chi connectivity index (χ1v) is 10.9. The van der Waals surface area contributed by atoms with Gasteiger partial charge in [0.05, 0.1) is 22.4 Å². The summed E-state index contributed by atoms with van der Waals surface area (Å²) >= 11 is 7.56. The maximum atomic E-state index is 11.6. The largest absolute Gasteiger partial charge is 0.354 e. The summed E-state index contributed by atoms with van der Waals surface area (Å²) in [5.74, 6) is 1.60. The Hall–Kier alpha value is -0.0600. The molecule has 136 valence electrons. The molecule has 2 heterocycles. The molecule has 1 saturated carbocycles. The second-order valence-electron chi connectivity index (χ2n) is 6.41. The van der Waals surface area contributed by atoms with Gasteiger partial charge in [0.2, 0.25) is 0 Å². The number of hydrogen-bond donors (Lipinski definition) is 1. The molecular formula is C15H23ClIN3O2S2.